The van der Waals surface area contributed by atoms with Gasteiger partial charge in [0.25, 0.3) is 0 Å². The van der Waals surface area contributed by atoms with Crippen LogP contribution < -0.4 is 0 Å². The molecular weight excluding hydrogens is 759 g/mol. The minimum atomic E-state index is 0.515. The van der Waals surface area contributed by atoms with Crippen LogP contribution in [0.2, 0.25) is 0 Å². The van der Waals surface area contributed by atoms with Gasteiger partial charge in [0, 0.05) is 33.4 Å². The van der Waals surface area contributed by atoms with Crippen LogP contribution in [0.25, 0.3) is 107 Å². The fourth-order valence-electron chi connectivity index (χ4n) is 7.49. The molecule has 0 unspecified atom stereocenters. The highest BCUT2D eigenvalue weighted by Gasteiger charge is 2.20. The van der Waals surface area contributed by atoms with E-state index in [1.54, 1.807) is 0 Å². The van der Waals surface area contributed by atoms with Gasteiger partial charge in [-0.2, -0.15) is 0 Å². The van der Waals surface area contributed by atoms with Gasteiger partial charge in [0.1, 0.15) is 0 Å². The summed E-state index contributed by atoms with van der Waals surface area (Å²) in [5.41, 5.74) is 11.4. The van der Waals surface area contributed by atoms with Gasteiger partial charge in [-0.25, -0.2) is 34.7 Å². The molecule has 10 rings (SSSR count). The maximum atomic E-state index is 7.83. The summed E-state index contributed by atoms with van der Waals surface area (Å²) in [6.07, 6.45) is 0. The van der Waals surface area contributed by atoms with Crippen molar-refractivity contribution >= 4 is 5.69 Å². The van der Waals surface area contributed by atoms with Gasteiger partial charge < -0.3 is 0 Å². The van der Waals surface area contributed by atoms with Crippen molar-refractivity contribution in [3.05, 3.63) is 224 Å². The van der Waals surface area contributed by atoms with E-state index < -0.39 is 0 Å². The van der Waals surface area contributed by atoms with Crippen LogP contribution in [0.15, 0.2) is 212 Å². The van der Waals surface area contributed by atoms with E-state index in [1.165, 1.54) is 0 Å². The van der Waals surface area contributed by atoms with Crippen molar-refractivity contribution in [3.63, 3.8) is 0 Å². The Labute approximate surface area is 359 Å². The first-order chi connectivity index (χ1) is 30.6. The monoisotopic (exact) mass is 793 g/mol. The highest BCUT2D eigenvalue weighted by atomic mass is 15.0. The second kappa shape index (κ2) is 16.9. The molecule has 2 heterocycles. The smallest absolute Gasteiger partial charge is 0.187 e. The topological polar surface area (TPSA) is 81.7 Å². The molecule has 0 amide bonds. The molecule has 0 saturated carbocycles. The van der Waals surface area contributed by atoms with Crippen molar-refractivity contribution in [1.82, 2.24) is 29.9 Å². The zero-order valence-corrected chi connectivity index (χ0v) is 33.3. The molecule has 0 bridgehead atoms. The standard InChI is InChI=1S/C55H35N7/c1-56-47-29-17-28-42(35-47)44-32-45(34-46(33-44)54-59-50(38-20-9-3-10-21-38)57-51(60-54)39-22-11-4-12-23-39)49-36-43(37-18-7-2-8-19-37)30-31-48(49)55-61-52(40-24-13-5-14-25-40)58-53(62-55)41-26-15-6-16-27-41/h2-36H. The van der Waals surface area contributed by atoms with E-state index in [4.69, 9.17) is 36.5 Å². The van der Waals surface area contributed by atoms with Crippen molar-refractivity contribution in [1.29, 1.82) is 0 Å². The van der Waals surface area contributed by atoms with Crippen LogP contribution >= 0.6 is 0 Å². The predicted octanol–water partition coefficient (Wildman–Crippen LogP) is 13.6. The fraction of sp³-hybridized carbons (Fsp3) is 0. The summed E-state index contributed by atoms with van der Waals surface area (Å²) in [4.78, 5) is 34.3. The number of rotatable bonds is 9. The molecule has 0 fully saturated rings. The van der Waals surface area contributed by atoms with Gasteiger partial charge in [0.05, 0.1) is 6.57 Å². The van der Waals surface area contributed by atoms with Gasteiger partial charge in [-0.1, -0.05) is 176 Å². The molecule has 10 aromatic rings. The normalized spacial score (nSPS) is 10.9. The summed E-state index contributed by atoms with van der Waals surface area (Å²) in [5.74, 6) is 3.33. The molecule has 7 heteroatoms. The summed E-state index contributed by atoms with van der Waals surface area (Å²) in [6.45, 7) is 7.83. The van der Waals surface area contributed by atoms with Crippen LogP contribution in [-0.4, -0.2) is 29.9 Å². The van der Waals surface area contributed by atoms with E-state index >= 15 is 0 Å². The van der Waals surface area contributed by atoms with Crippen LogP contribution in [-0.2, 0) is 0 Å². The third-order valence-electron chi connectivity index (χ3n) is 10.6. The Balaban J connectivity index is 1.25. The molecule has 8 aromatic carbocycles. The van der Waals surface area contributed by atoms with Crippen LogP contribution in [0.3, 0.4) is 0 Å². The Morgan fingerprint density at radius 3 is 1.08 bits per heavy atom. The Bertz CT molecular complexity index is 3110. The lowest BCUT2D eigenvalue weighted by molar-refractivity contribution is 1.07. The largest absolute Gasteiger partial charge is 0.238 e. The maximum Gasteiger partial charge on any atom is 0.187 e. The molecular formula is C55H35N7. The predicted molar refractivity (Wildman–Crippen MR) is 248 cm³/mol. The molecule has 62 heavy (non-hydrogen) atoms. The van der Waals surface area contributed by atoms with Gasteiger partial charge in [-0.3, -0.25) is 0 Å². The zero-order chi connectivity index (χ0) is 41.7. The Hall–Kier alpha value is -8.73. The van der Waals surface area contributed by atoms with Crippen molar-refractivity contribution in [2.24, 2.45) is 0 Å². The van der Waals surface area contributed by atoms with Crippen molar-refractivity contribution < 1.29 is 0 Å². The number of hydrogen-bond donors (Lipinski definition) is 0. The maximum absolute atomic E-state index is 7.83. The van der Waals surface area contributed by atoms with Crippen molar-refractivity contribution in [3.8, 4) is 102 Å². The first-order valence-electron chi connectivity index (χ1n) is 20.2. The minimum Gasteiger partial charge on any atom is -0.238 e. The van der Waals surface area contributed by atoms with Crippen molar-refractivity contribution in [2.45, 2.75) is 0 Å². The van der Waals surface area contributed by atoms with E-state index in [0.29, 0.717) is 40.6 Å². The van der Waals surface area contributed by atoms with E-state index in [2.05, 4.69) is 53.4 Å². The summed E-state index contributed by atoms with van der Waals surface area (Å²) in [5, 5.41) is 0. The quantitative estimate of drug-likeness (QED) is 0.135. The third kappa shape index (κ3) is 7.87. The highest BCUT2D eigenvalue weighted by Crippen LogP contribution is 2.40. The summed E-state index contributed by atoms with van der Waals surface area (Å²) >= 11 is 0. The average Bonchev–Trinajstić information content (AvgIpc) is 3.37. The van der Waals surface area contributed by atoms with E-state index in [-0.39, 0.29) is 0 Å². The van der Waals surface area contributed by atoms with Gasteiger partial charge >= 0.3 is 0 Å². The molecule has 0 saturated heterocycles. The van der Waals surface area contributed by atoms with Gasteiger partial charge in [-0.15, -0.1) is 0 Å². The van der Waals surface area contributed by atoms with Crippen molar-refractivity contribution in [2.75, 3.05) is 0 Å². The van der Waals surface area contributed by atoms with E-state index in [9.17, 15) is 0 Å². The molecule has 7 nitrogen and oxygen atoms in total. The number of aromatic nitrogens is 6. The second-order valence-electron chi connectivity index (χ2n) is 14.7. The van der Waals surface area contributed by atoms with Gasteiger partial charge in [0.2, 0.25) is 0 Å². The Kier molecular flexibility index (Phi) is 10.2. The SMILES string of the molecule is [C-]#[N+]c1cccc(-c2cc(-c3nc(-c4ccccc4)nc(-c4ccccc4)n3)cc(-c3cc(-c4ccccc4)ccc3-c3nc(-c4ccccc4)nc(-c4ccccc4)n3)c2)c1. The zero-order valence-electron chi connectivity index (χ0n) is 33.3. The number of nitrogens with zero attached hydrogens (tertiary/aromatic N) is 7. The number of hydrogen-bond acceptors (Lipinski definition) is 6. The van der Waals surface area contributed by atoms with E-state index in [0.717, 1.165) is 66.8 Å². The minimum absolute atomic E-state index is 0.515. The molecule has 0 aliphatic rings. The molecule has 0 aliphatic heterocycles. The molecule has 0 N–H and O–H groups in total. The molecule has 0 radical (unpaired) electrons. The summed E-state index contributed by atoms with van der Waals surface area (Å²) < 4.78 is 0. The highest BCUT2D eigenvalue weighted by molar-refractivity contribution is 5.90. The average molecular weight is 794 g/mol. The number of benzene rings is 8. The fourth-order valence-corrected chi connectivity index (χ4v) is 7.49. The Morgan fingerprint density at radius 1 is 0.242 bits per heavy atom. The molecule has 0 aliphatic carbocycles. The lowest BCUT2D eigenvalue weighted by Crippen LogP contribution is -2.02. The first-order valence-corrected chi connectivity index (χ1v) is 20.2. The van der Waals surface area contributed by atoms with Crippen LogP contribution in [0.5, 0.6) is 0 Å². The summed E-state index contributed by atoms with van der Waals surface area (Å²) in [6, 6.07) is 70.8. The molecule has 2 aromatic heterocycles. The second-order valence-corrected chi connectivity index (χ2v) is 14.7. The lowest BCUT2D eigenvalue weighted by atomic mass is 9.90. The van der Waals surface area contributed by atoms with Gasteiger partial charge in [0.15, 0.2) is 40.6 Å². The Morgan fingerprint density at radius 2 is 0.613 bits per heavy atom. The van der Waals surface area contributed by atoms with Crippen LogP contribution in [0.1, 0.15) is 0 Å². The molecule has 0 atom stereocenters. The first kappa shape index (κ1) is 37.5. The van der Waals surface area contributed by atoms with Crippen LogP contribution in [0, 0.1) is 6.57 Å². The third-order valence-corrected chi connectivity index (χ3v) is 10.6. The summed E-state index contributed by atoms with van der Waals surface area (Å²) in [7, 11) is 0. The molecule has 290 valence electrons. The lowest BCUT2D eigenvalue weighted by Gasteiger charge is -2.16. The van der Waals surface area contributed by atoms with Crippen LogP contribution in [0.4, 0.5) is 5.69 Å². The van der Waals surface area contributed by atoms with Gasteiger partial charge in [-0.05, 0) is 69.8 Å². The molecule has 0 spiro atoms. The van der Waals surface area contributed by atoms with E-state index in [1.807, 2.05) is 164 Å².